The lowest BCUT2D eigenvalue weighted by Crippen LogP contribution is -2.49. The van der Waals surface area contributed by atoms with Gasteiger partial charge in [0.25, 0.3) is 5.91 Å². The largest absolute Gasteiger partial charge is 0.497 e. The Balaban J connectivity index is 1.33. The minimum absolute atomic E-state index is 0.0291. The second-order valence-corrected chi connectivity index (χ2v) is 9.93. The molecular formula is C28H35N5O4. The molecule has 9 nitrogen and oxygen atoms in total. The molecule has 2 aliphatic heterocycles. The van der Waals surface area contributed by atoms with Gasteiger partial charge in [0.15, 0.2) is 0 Å². The van der Waals surface area contributed by atoms with Crippen LogP contribution in [0.4, 0.5) is 11.4 Å². The molecule has 5 rings (SSSR count). The summed E-state index contributed by atoms with van der Waals surface area (Å²) in [5, 5.41) is 6.34. The van der Waals surface area contributed by atoms with Crippen LogP contribution >= 0.6 is 0 Å². The molecule has 0 bridgehead atoms. The van der Waals surface area contributed by atoms with Gasteiger partial charge in [0, 0.05) is 63.8 Å². The maximum Gasteiger partial charge on any atom is 0.254 e. The lowest BCUT2D eigenvalue weighted by Gasteiger charge is -2.37. The topological polar surface area (TPSA) is 94.2 Å². The third-order valence-electron chi connectivity index (χ3n) is 7.30. The number of rotatable bonds is 7. The number of carbonyl (C=O) groups excluding carboxylic acids is 3. The number of piperazine rings is 2. The molecule has 3 aliphatic rings. The summed E-state index contributed by atoms with van der Waals surface area (Å²) in [6, 6.07) is 13.0. The molecule has 0 radical (unpaired) electrons. The molecule has 9 heteroatoms. The molecule has 3 amide bonds. The first-order chi connectivity index (χ1) is 18.0. The van der Waals surface area contributed by atoms with Crippen LogP contribution in [0.3, 0.4) is 0 Å². The van der Waals surface area contributed by atoms with E-state index in [0.717, 1.165) is 42.9 Å². The first kappa shape index (κ1) is 25.1. The van der Waals surface area contributed by atoms with Crippen molar-refractivity contribution in [1.82, 2.24) is 15.1 Å². The van der Waals surface area contributed by atoms with Gasteiger partial charge in [-0.2, -0.15) is 0 Å². The Morgan fingerprint density at radius 3 is 2.27 bits per heavy atom. The van der Waals surface area contributed by atoms with Gasteiger partial charge in [0.1, 0.15) is 5.75 Å². The smallest absolute Gasteiger partial charge is 0.254 e. The summed E-state index contributed by atoms with van der Waals surface area (Å²) >= 11 is 0. The van der Waals surface area contributed by atoms with Crippen molar-refractivity contribution in [2.75, 3.05) is 69.7 Å². The van der Waals surface area contributed by atoms with E-state index in [1.807, 2.05) is 46.2 Å². The maximum atomic E-state index is 13.2. The minimum atomic E-state index is -0.152. The number of nitrogens with one attached hydrogen (secondary N) is 2. The van der Waals surface area contributed by atoms with Gasteiger partial charge >= 0.3 is 0 Å². The number of carbonyl (C=O) groups is 3. The van der Waals surface area contributed by atoms with Gasteiger partial charge in [-0.05, 0) is 48.7 Å². The maximum absolute atomic E-state index is 13.2. The average molecular weight is 506 g/mol. The molecule has 0 unspecified atom stereocenters. The van der Waals surface area contributed by atoms with Gasteiger partial charge in [0.2, 0.25) is 11.8 Å². The van der Waals surface area contributed by atoms with Crippen LogP contribution in [0.5, 0.6) is 5.75 Å². The van der Waals surface area contributed by atoms with Crippen molar-refractivity contribution in [1.29, 1.82) is 0 Å². The van der Waals surface area contributed by atoms with Crippen LogP contribution in [0, 0.1) is 5.92 Å². The van der Waals surface area contributed by atoms with E-state index in [9.17, 15) is 14.4 Å². The summed E-state index contributed by atoms with van der Waals surface area (Å²) < 4.78 is 5.21. The third-order valence-corrected chi connectivity index (χ3v) is 7.30. The molecule has 1 aliphatic carbocycles. The number of amides is 3. The Hall–Kier alpha value is -3.59. The Morgan fingerprint density at radius 1 is 0.919 bits per heavy atom. The van der Waals surface area contributed by atoms with Crippen molar-refractivity contribution < 1.29 is 19.1 Å². The third kappa shape index (κ3) is 6.05. The van der Waals surface area contributed by atoms with Crippen LogP contribution in [0.25, 0.3) is 0 Å². The summed E-state index contributed by atoms with van der Waals surface area (Å²) in [7, 11) is 1.61. The summed E-state index contributed by atoms with van der Waals surface area (Å²) in [6.07, 6.45) is 2.22. The second-order valence-electron chi connectivity index (χ2n) is 9.93. The van der Waals surface area contributed by atoms with E-state index < -0.39 is 0 Å². The fraction of sp³-hybridized carbons (Fsp3) is 0.464. The minimum Gasteiger partial charge on any atom is -0.497 e. The number of methoxy groups -OCH3 is 1. The molecule has 2 saturated heterocycles. The highest BCUT2D eigenvalue weighted by molar-refractivity contribution is 6.00. The summed E-state index contributed by atoms with van der Waals surface area (Å²) in [5.41, 5.74) is 2.94. The van der Waals surface area contributed by atoms with Crippen molar-refractivity contribution in [2.24, 2.45) is 5.92 Å². The van der Waals surface area contributed by atoms with E-state index in [1.54, 1.807) is 13.2 Å². The lowest BCUT2D eigenvalue weighted by molar-refractivity contribution is -0.132. The van der Waals surface area contributed by atoms with Gasteiger partial charge in [-0.1, -0.05) is 12.1 Å². The van der Waals surface area contributed by atoms with E-state index in [0.29, 0.717) is 50.5 Å². The molecule has 2 heterocycles. The Labute approximate surface area is 217 Å². The Morgan fingerprint density at radius 2 is 1.62 bits per heavy atom. The standard InChI is InChI=1S/C28H35N5O4/c1-37-23-7-2-20(3-8-23)18-26(34)30-24-19-22(28(36)32-12-10-29-11-13-32)6-9-25(24)31-14-16-33(17-15-31)27(35)21-4-5-21/h2-3,6-9,19,21,29H,4-5,10-18H2,1H3,(H,30,34). The van der Waals surface area contributed by atoms with Crippen LogP contribution in [-0.4, -0.2) is 87.0 Å². The van der Waals surface area contributed by atoms with Crippen LogP contribution in [0.15, 0.2) is 42.5 Å². The predicted octanol–water partition coefficient (Wildman–Crippen LogP) is 1.98. The zero-order chi connectivity index (χ0) is 25.8. The zero-order valence-electron chi connectivity index (χ0n) is 21.4. The van der Waals surface area contributed by atoms with Crippen LogP contribution in [-0.2, 0) is 16.0 Å². The van der Waals surface area contributed by atoms with E-state index in [2.05, 4.69) is 15.5 Å². The zero-order valence-corrected chi connectivity index (χ0v) is 21.4. The molecule has 2 aromatic rings. The number of nitrogens with zero attached hydrogens (tertiary/aromatic N) is 3. The number of anilines is 2. The molecule has 37 heavy (non-hydrogen) atoms. The van der Waals surface area contributed by atoms with Gasteiger partial charge in [-0.3, -0.25) is 14.4 Å². The van der Waals surface area contributed by atoms with Crippen LogP contribution < -0.4 is 20.3 Å². The number of hydrogen-bond acceptors (Lipinski definition) is 6. The van der Waals surface area contributed by atoms with Gasteiger partial charge < -0.3 is 30.1 Å². The predicted molar refractivity (Wildman–Crippen MR) is 142 cm³/mol. The highest BCUT2D eigenvalue weighted by Crippen LogP contribution is 2.33. The van der Waals surface area contributed by atoms with Crippen LogP contribution in [0.2, 0.25) is 0 Å². The summed E-state index contributed by atoms with van der Waals surface area (Å²) in [5.74, 6) is 1.04. The average Bonchev–Trinajstić information content (AvgIpc) is 3.79. The van der Waals surface area contributed by atoms with Crippen molar-refractivity contribution in [3.63, 3.8) is 0 Å². The molecule has 1 saturated carbocycles. The monoisotopic (exact) mass is 505 g/mol. The van der Waals surface area contributed by atoms with E-state index >= 15 is 0 Å². The number of benzene rings is 2. The summed E-state index contributed by atoms with van der Waals surface area (Å²) in [6.45, 7) is 5.58. The first-order valence-electron chi connectivity index (χ1n) is 13.1. The Bertz CT molecular complexity index is 1130. The van der Waals surface area contributed by atoms with Gasteiger partial charge in [-0.15, -0.1) is 0 Å². The Kier molecular flexibility index (Phi) is 7.60. The lowest BCUT2D eigenvalue weighted by atomic mass is 10.1. The molecule has 0 atom stereocenters. The highest BCUT2D eigenvalue weighted by Gasteiger charge is 2.35. The second kappa shape index (κ2) is 11.2. The molecule has 0 spiro atoms. The van der Waals surface area contributed by atoms with Crippen molar-refractivity contribution >= 4 is 29.1 Å². The molecule has 196 valence electrons. The van der Waals surface area contributed by atoms with Crippen molar-refractivity contribution in [3.05, 3.63) is 53.6 Å². The summed E-state index contributed by atoms with van der Waals surface area (Å²) in [4.78, 5) is 44.7. The SMILES string of the molecule is COc1ccc(CC(=O)Nc2cc(C(=O)N3CCNCC3)ccc2N2CCN(C(=O)C3CC3)CC2)cc1. The van der Waals surface area contributed by atoms with Gasteiger partial charge in [0.05, 0.1) is 24.9 Å². The van der Waals surface area contributed by atoms with Crippen molar-refractivity contribution in [3.8, 4) is 5.75 Å². The first-order valence-corrected chi connectivity index (χ1v) is 13.1. The van der Waals surface area contributed by atoms with E-state index in [1.165, 1.54) is 0 Å². The molecular weight excluding hydrogens is 470 g/mol. The van der Waals surface area contributed by atoms with Crippen molar-refractivity contribution in [2.45, 2.75) is 19.3 Å². The molecule has 2 aromatic carbocycles. The quantitative estimate of drug-likeness (QED) is 0.598. The van der Waals surface area contributed by atoms with Crippen LogP contribution in [0.1, 0.15) is 28.8 Å². The normalized spacial score (nSPS) is 17.9. The molecule has 0 aromatic heterocycles. The fourth-order valence-corrected chi connectivity index (χ4v) is 4.97. The van der Waals surface area contributed by atoms with E-state index in [4.69, 9.17) is 4.74 Å². The fourth-order valence-electron chi connectivity index (χ4n) is 4.97. The highest BCUT2D eigenvalue weighted by atomic mass is 16.5. The van der Waals surface area contributed by atoms with Gasteiger partial charge in [-0.25, -0.2) is 0 Å². The number of hydrogen-bond donors (Lipinski definition) is 2. The van der Waals surface area contributed by atoms with E-state index in [-0.39, 0.29) is 30.1 Å². The number of ether oxygens (including phenoxy) is 1. The molecule has 2 N–H and O–H groups in total. The molecule has 3 fully saturated rings.